The second kappa shape index (κ2) is 10.5. The summed E-state index contributed by atoms with van der Waals surface area (Å²) in [6.45, 7) is 2.06. The second-order valence-electron chi connectivity index (χ2n) is 8.56. The van der Waals surface area contributed by atoms with Gasteiger partial charge in [-0.25, -0.2) is 12.8 Å². The summed E-state index contributed by atoms with van der Waals surface area (Å²) in [7, 11) is -3.80. The van der Waals surface area contributed by atoms with E-state index in [-0.39, 0.29) is 39.9 Å². The van der Waals surface area contributed by atoms with Crippen molar-refractivity contribution in [2.24, 2.45) is 0 Å². The zero-order valence-corrected chi connectivity index (χ0v) is 20.0. The highest BCUT2D eigenvalue weighted by atomic mass is 35.5. The summed E-state index contributed by atoms with van der Waals surface area (Å²) >= 11 is 6.28. The highest BCUT2D eigenvalue weighted by Gasteiger charge is 2.30. The van der Waals surface area contributed by atoms with Gasteiger partial charge in [0.15, 0.2) is 0 Å². The van der Waals surface area contributed by atoms with Gasteiger partial charge >= 0.3 is 0 Å². The van der Waals surface area contributed by atoms with Crippen molar-refractivity contribution in [1.82, 2.24) is 9.21 Å². The molecule has 2 heterocycles. The Hall–Kier alpha value is -2.00. The van der Waals surface area contributed by atoms with E-state index in [0.29, 0.717) is 31.8 Å². The predicted octanol–water partition coefficient (Wildman–Crippen LogP) is 4.48. The van der Waals surface area contributed by atoms with Crippen LogP contribution in [0.2, 0.25) is 5.02 Å². The Kier molecular flexibility index (Phi) is 7.69. The molecule has 0 saturated carbocycles. The summed E-state index contributed by atoms with van der Waals surface area (Å²) in [6, 6.07) is 10.5. The molecular formula is C24H28ClFN2O4S. The summed E-state index contributed by atoms with van der Waals surface area (Å²) in [4.78, 5) is 15.0. The number of hydrogen-bond acceptors (Lipinski definition) is 4. The van der Waals surface area contributed by atoms with Gasteiger partial charge in [-0.1, -0.05) is 30.2 Å². The lowest BCUT2D eigenvalue weighted by atomic mass is 10.1. The maximum absolute atomic E-state index is 13.7. The molecule has 0 aliphatic carbocycles. The Bertz CT molecular complexity index is 1100. The van der Waals surface area contributed by atoms with E-state index < -0.39 is 10.0 Å². The number of carbonyl (C=O) groups is 1. The summed E-state index contributed by atoms with van der Waals surface area (Å²) in [6.07, 6.45) is 4.26. The van der Waals surface area contributed by atoms with Gasteiger partial charge in [-0.15, -0.1) is 0 Å². The van der Waals surface area contributed by atoms with Crippen LogP contribution in [0, 0.1) is 5.82 Å². The topological polar surface area (TPSA) is 66.9 Å². The number of benzene rings is 2. The van der Waals surface area contributed by atoms with E-state index in [2.05, 4.69) is 0 Å². The van der Waals surface area contributed by atoms with Crippen molar-refractivity contribution in [3.63, 3.8) is 0 Å². The molecule has 2 aromatic rings. The number of rotatable bonds is 7. The lowest BCUT2D eigenvalue weighted by Crippen LogP contribution is -2.37. The molecule has 2 aliphatic heterocycles. The Morgan fingerprint density at radius 3 is 2.61 bits per heavy atom. The normalized spacial score (nSPS) is 19.5. The number of piperidine rings is 1. The third-order valence-electron chi connectivity index (χ3n) is 6.11. The standard InChI is InChI=1S/C24H28ClFN2O4S/c25-22-10-9-19(15-23(22)33(30,31)28-11-2-1-3-12-28)24(29)27(17-21-8-5-13-32-21)16-18-6-4-7-20(26)14-18/h4,6-7,9-10,14-15,21H,1-3,5,8,11-13,16-17H2. The molecule has 2 aliphatic rings. The molecule has 1 amide bonds. The smallest absolute Gasteiger partial charge is 0.254 e. The molecule has 1 unspecified atom stereocenters. The van der Waals surface area contributed by atoms with Crippen LogP contribution in [0.25, 0.3) is 0 Å². The number of halogens is 2. The van der Waals surface area contributed by atoms with E-state index >= 15 is 0 Å². The summed E-state index contributed by atoms with van der Waals surface area (Å²) in [5.74, 6) is -0.722. The molecule has 6 nitrogen and oxygen atoms in total. The number of ether oxygens (including phenoxy) is 1. The third kappa shape index (κ3) is 5.74. The molecule has 0 radical (unpaired) electrons. The fourth-order valence-electron chi connectivity index (χ4n) is 4.37. The molecular weight excluding hydrogens is 467 g/mol. The first kappa shape index (κ1) is 24.1. The van der Waals surface area contributed by atoms with E-state index in [1.807, 2.05) is 0 Å². The molecule has 0 spiro atoms. The zero-order valence-electron chi connectivity index (χ0n) is 18.4. The Morgan fingerprint density at radius 1 is 1.12 bits per heavy atom. The summed E-state index contributed by atoms with van der Waals surface area (Å²) in [5.41, 5.74) is 0.876. The lowest BCUT2D eigenvalue weighted by molar-refractivity contribution is 0.0507. The van der Waals surface area contributed by atoms with Crippen molar-refractivity contribution in [2.75, 3.05) is 26.2 Å². The molecule has 0 N–H and O–H groups in total. The van der Waals surface area contributed by atoms with Gasteiger partial charge in [-0.3, -0.25) is 4.79 Å². The van der Waals surface area contributed by atoms with E-state index in [9.17, 15) is 17.6 Å². The van der Waals surface area contributed by atoms with Gasteiger partial charge in [-0.05, 0) is 61.6 Å². The average molecular weight is 495 g/mol. The highest BCUT2D eigenvalue weighted by molar-refractivity contribution is 7.89. The first-order chi connectivity index (χ1) is 15.8. The van der Waals surface area contributed by atoms with Crippen LogP contribution in [0.15, 0.2) is 47.4 Å². The Morgan fingerprint density at radius 2 is 1.91 bits per heavy atom. The number of hydrogen-bond donors (Lipinski definition) is 0. The quantitative estimate of drug-likeness (QED) is 0.569. The van der Waals surface area contributed by atoms with E-state index in [1.165, 1.54) is 34.6 Å². The SMILES string of the molecule is O=C(c1ccc(Cl)c(S(=O)(=O)N2CCCCC2)c1)N(Cc1cccc(F)c1)CC1CCCO1. The number of amides is 1. The van der Waals surface area contributed by atoms with Gasteiger partial charge in [-0.2, -0.15) is 4.31 Å². The van der Waals surface area contributed by atoms with E-state index in [1.54, 1.807) is 17.0 Å². The maximum atomic E-state index is 13.7. The van der Waals surface area contributed by atoms with Crippen molar-refractivity contribution in [1.29, 1.82) is 0 Å². The molecule has 4 rings (SSSR count). The molecule has 2 fully saturated rings. The minimum Gasteiger partial charge on any atom is -0.376 e. The highest BCUT2D eigenvalue weighted by Crippen LogP contribution is 2.29. The van der Waals surface area contributed by atoms with Gasteiger partial charge in [0.1, 0.15) is 10.7 Å². The van der Waals surface area contributed by atoms with Crippen LogP contribution in [0.3, 0.4) is 0 Å². The van der Waals surface area contributed by atoms with Crippen molar-refractivity contribution < 1.29 is 22.3 Å². The molecule has 9 heteroatoms. The van der Waals surface area contributed by atoms with Gasteiger partial charge in [0.05, 0.1) is 11.1 Å². The maximum Gasteiger partial charge on any atom is 0.254 e. The molecule has 0 bridgehead atoms. The van der Waals surface area contributed by atoms with Gasteiger partial charge < -0.3 is 9.64 Å². The molecule has 2 aromatic carbocycles. The average Bonchev–Trinajstić information content (AvgIpc) is 3.32. The van der Waals surface area contributed by atoms with Crippen molar-refractivity contribution in [2.45, 2.75) is 49.6 Å². The number of nitrogens with zero attached hydrogens (tertiary/aromatic N) is 2. The van der Waals surface area contributed by atoms with E-state index in [0.717, 1.165) is 32.1 Å². The van der Waals surface area contributed by atoms with Crippen LogP contribution >= 0.6 is 11.6 Å². The summed E-state index contributed by atoms with van der Waals surface area (Å²) in [5, 5.41) is 0.0907. The monoisotopic (exact) mass is 494 g/mol. The van der Waals surface area contributed by atoms with Crippen molar-refractivity contribution >= 4 is 27.5 Å². The molecule has 2 saturated heterocycles. The Labute approximate surface area is 199 Å². The third-order valence-corrected chi connectivity index (χ3v) is 8.49. The first-order valence-corrected chi connectivity index (χ1v) is 13.1. The van der Waals surface area contributed by atoms with Gasteiger partial charge in [0, 0.05) is 38.3 Å². The van der Waals surface area contributed by atoms with Crippen LogP contribution < -0.4 is 0 Å². The zero-order chi connectivity index (χ0) is 23.4. The fraction of sp³-hybridized carbons (Fsp3) is 0.458. The van der Waals surface area contributed by atoms with Crippen LogP contribution in [-0.2, 0) is 21.3 Å². The molecule has 33 heavy (non-hydrogen) atoms. The van der Waals surface area contributed by atoms with Crippen LogP contribution in [-0.4, -0.2) is 55.9 Å². The molecule has 178 valence electrons. The molecule has 1 atom stereocenters. The van der Waals surface area contributed by atoms with Crippen LogP contribution in [0.5, 0.6) is 0 Å². The Balaban J connectivity index is 1.63. The second-order valence-corrected chi connectivity index (χ2v) is 10.9. The first-order valence-electron chi connectivity index (χ1n) is 11.3. The fourth-order valence-corrected chi connectivity index (χ4v) is 6.39. The number of sulfonamides is 1. The van der Waals surface area contributed by atoms with Gasteiger partial charge in [0.2, 0.25) is 10.0 Å². The lowest BCUT2D eigenvalue weighted by Gasteiger charge is -2.27. The molecule has 0 aromatic heterocycles. The minimum absolute atomic E-state index is 0.0558. The number of carbonyl (C=O) groups excluding carboxylic acids is 1. The van der Waals surface area contributed by atoms with Crippen molar-refractivity contribution in [3.8, 4) is 0 Å². The summed E-state index contributed by atoms with van der Waals surface area (Å²) < 4.78 is 47.3. The minimum atomic E-state index is -3.80. The largest absolute Gasteiger partial charge is 0.376 e. The van der Waals surface area contributed by atoms with E-state index in [4.69, 9.17) is 16.3 Å². The van der Waals surface area contributed by atoms with Gasteiger partial charge in [0.25, 0.3) is 5.91 Å². The van der Waals surface area contributed by atoms with Crippen molar-refractivity contribution in [3.05, 3.63) is 64.4 Å². The van der Waals surface area contributed by atoms with Crippen LogP contribution in [0.4, 0.5) is 4.39 Å². The predicted molar refractivity (Wildman–Crippen MR) is 124 cm³/mol. The van der Waals surface area contributed by atoms with Crippen LogP contribution in [0.1, 0.15) is 48.0 Å².